The van der Waals surface area contributed by atoms with E-state index in [-0.39, 0.29) is 40.5 Å². The number of nitrogens with zero attached hydrogens (tertiary/aromatic N) is 12. The lowest BCUT2D eigenvalue weighted by atomic mass is 10.0. The summed E-state index contributed by atoms with van der Waals surface area (Å²) in [7, 11) is 6.26. The van der Waals surface area contributed by atoms with Crippen molar-refractivity contribution >= 4 is 69.3 Å². The number of piperidine rings is 1. The minimum atomic E-state index is -4.85. The Balaban J connectivity index is 0.000000211. The molecule has 2 fully saturated rings. The molecule has 8 rings (SSSR count). The van der Waals surface area contributed by atoms with Crippen LogP contribution in [0.1, 0.15) is 30.7 Å². The van der Waals surface area contributed by atoms with Crippen molar-refractivity contribution in [3.63, 3.8) is 0 Å². The summed E-state index contributed by atoms with van der Waals surface area (Å²) in [5.41, 5.74) is 3.04. The quantitative estimate of drug-likeness (QED) is 0.117. The average molecular weight is 1030 g/mol. The summed E-state index contributed by atoms with van der Waals surface area (Å²) < 4.78 is 91.9. The Morgan fingerprint density at radius 1 is 0.667 bits per heavy atom. The molecule has 0 saturated carbocycles. The summed E-state index contributed by atoms with van der Waals surface area (Å²) >= 11 is 5.92. The molecule has 2 N–H and O–H groups in total. The number of ether oxygens (including phenoxy) is 4. The van der Waals surface area contributed by atoms with Gasteiger partial charge < -0.3 is 49.2 Å². The van der Waals surface area contributed by atoms with Gasteiger partial charge in [-0.15, -0.1) is 26.3 Å². The predicted octanol–water partition coefficient (Wildman–Crippen LogP) is 6.61. The third kappa shape index (κ3) is 14.9. The van der Waals surface area contributed by atoms with Crippen LogP contribution in [0.5, 0.6) is 23.0 Å². The largest absolute Gasteiger partial charge is 0.573 e. The molecule has 2 saturated heterocycles. The lowest BCUT2D eigenvalue weighted by Crippen LogP contribution is -2.42. The minimum Gasteiger partial charge on any atom is -0.484 e. The second-order valence-corrected chi connectivity index (χ2v) is 17.1. The van der Waals surface area contributed by atoms with Gasteiger partial charge in [-0.25, -0.2) is 29.9 Å². The number of likely N-dealkylation sites (N-methyl/N-ethyl adjacent to an activating group) is 1. The van der Waals surface area contributed by atoms with Gasteiger partial charge in [0.05, 0.1) is 28.8 Å². The maximum Gasteiger partial charge on any atom is 0.573 e. The number of rotatable bonds is 13. The van der Waals surface area contributed by atoms with Crippen molar-refractivity contribution in [2.45, 2.75) is 51.9 Å². The summed E-state index contributed by atoms with van der Waals surface area (Å²) in [6, 6.07) is 8.42. The highest BCUT2D eigenvalue weighted by molar-refractivity contribution is 6.32. The highest BCUT2D eigenvalue weighted by Crippen LogP contribution is 2.32. The number of hydrogen-bond acceptors (Lipinski definition) is 18. The second kappa shape index (κ2) is 22.9. The van der Waals surface area contributed by atoms with Gasteiger partial charge in [-0.1, -0.05) is 11.6 Å². The lowest BCUT2D eigenvalue weighted by molar-refractivity contribution is -0.275. The van der Waals surface area contributed by atoms with Crippen LogP contribution in [-0.4, -0.2) is 154 Å². The molecular weight excluding hydrogens is 982 g/mol. The summed E-state index contributed by atoms with van der Waals surface area (Å²) in [5, 5.41) is 5.00. The molecule has 2 aliphatic heterocycles. The molecule has 0 atom stereocenters. The summed E-state index contributed by atoms with van der Waals surface area (Å²) in [5.74, 6) is -0.162. The number of aryl methyl sites for hydroxylation is 2. The summed E-state index contributed by atoms with van der Waals surface area (Å²) in [4.78, 5) is 69.2. The van der Waals surface area contributed by atoms with Gasteiger partial charge in [0.2, 0.25) is 11.9 Å². The van der Waals surface area contributed by atoms with E-state index in [1.807, 2.05) is 6.92 Å². The monoisotopic (exact) mass is 1030 g/mol. The van der Waals surface area contributed by atoms with Crippen molar-refractivity contribution in [1.82, 2.24) is 49.7 Å². The third-order valence-corrected chi connectivity index (χ3v) is 11.4. The van der Waals surface area contributed by atoms with Crippen molar-refractivity contribution in [3.8, 4) is 23.0 Å². The maximum atomic E-state index is 12.3. The number of benzene rings is 2. The zero-order chi connectivity index (χ0) is 51.7. The predicted molar refractivity (Wildman–Crippen MR) is 252 cm³/mol. The Labute approximate surface area is 413 Å². The van der Waals surface area contributed by atoms with Gasteiger partial charge in [0.1, 0.15) is 34.0 Å². The van der Waals surface area contributed by atoms with Crippen LogP contribution in [0.4, 0.5) is 49.9 Å². The van der Waals surface area contributed by atoms with Crippen LogP contribution in [0.15, 0.2) is 54.9 Å². The normalized spacial score (nSPS) is 14.9. The van der Waals surface area contributed by atoms with E-state index in [1.165, 1.54) is 30.6 Å². The van der Waals surface area contributed by atoms with Gasteiger partial charge in [-0.05, 0) is 97.2 Å². The van der Waals surface area contributed by atoms with Crippen LogP contribution in [0.25, 0.3) is 22.3 Å². The van der Waals surface area contributed by atoms with E-state index in [0.717, 1.165) is 82.8 Å². The number of nitrogens with one attached hydrogen (secondary N) is 2. The molecule has 6 heterocycles. The zero-order valence-corrected chi connectivity index (χ0v) is 40.3. The number of alkyl halides is 6. The van der Waals surface area contributed by atoms with Gasteiger partial charge in [0, 0.05) is 44.8 Å². The highest BCUT2D eigenvalue weighted by Gasteiger charge is 2.32. The number of amides is 2. The fourth-order valence-electron chi connectivity index (χ4n) is 7.48. The SMILES string of the molecule is Cc1nc(N2CCC(N(C)C)CC2)nc2ncc(NC(=O)COc3ccc(OC(F)(F)F)cc3)nc12.Cc1nc(N2CCCN(C)CC2)nc2ncc(NC(=O)COc3ccc(OC(F)(F)F)cc3Cl)nc12. The lowest BCUT2D eigenvalue weighted by Gasteiger charge is -2.35. The van der Waals surface area contributed by atoms with E-state index < -0.39 is 36.9 Å². The van der Waals surface area contributed by atoms with Crippen LogP contribution < -0.4 is 39.4 Å². The molecule has 0 unspecified atom stereocenters. The number of carbonyl (C=O) groups excluding carboxylic acids is 2. The first-order valence-corrected chi connectivity index (χ1v) is 22.7. The molecule has 0 bridgehead atoms. The van der Waals surface area contributed by atoms with Crippen LogP contribution in [0.2, 0.25) is 5.02 Å². The van der Waals surface area contributed by atoms with Crippen molar-refractivity contribution in [3.05, 3.63) is 71.3 Å². The first-order valence-electron chi connectivity index (χ1n) is 22.3. The number of carbonyl (C=O) groups is 2. The van der Waals surface area contributed by atoms with Crippen molar-refractivity contribution < 1.29 is 54.9 Å². The Hall–Kier alpha value is -7.19. The Kier molecular flexibility index (Phi) is 16.8. The fourth-order valence-corrected chi connectivity index (χ4v) is 7.70. The molecule has 20 nitrogen and oxygen atoms in total. The van der Waals surface area contributed by atoms with Crippen molar-refractivity contribution in [1.29, 1.82) is 0 Å². The van der Waals surface area contributed by atoms with E-state index in [2.05, 4.69) is 101 Å². The van der Waals surface area contributed by atoms with Gasteiger partial charge in [-0.3, -0.25) is 9.59 Å². The summed E-state index contributed by atoms with van der Waals surface area (Å²) in [6.45, 7) is 8.07. The second-order valence-electron chi connectivity index (χ2n) is 16.7. The number of fused-ring (bicyclic) bond motifs is 2. The topological polar surface area (TPSA) is 211 Å². The van der Waals surface area contributed by atoms with Crippen molar-refractivity contribution in [2.75, 3.05) is 94.1 Å². The maximum absolute atomic E-state index is 12.3. The Morgan fingerprint density at radius 3 is 1.69 bits per heavy atom. The fraction of sp³-hybridized carbons (Fsp3) is 0.422. The molecular formula is C45H49ClF6N14O6. The molecule has 384 valence electrons. The Morgan fingerprint density at radius 2 is 1.17 bits per heavy atom. The number of hydrogen-bond donors (Lipinski definition) is 2. The van der Waals surface area contributed by atoms with Gasteiger partial charge >= 0.3 is 12.7 Å². The van der Waals surface area contributed by atoms with E-state index in [4.69, 9.17) is 21.1 Å². The first-order chi connectivity index (χ1) is 34.1. The average Bonchev–Trinajstić information content (AvgIpc) is 3.54. The molecule has 4 aromatic heterocycles. The van der Waals surface area contributed by atoms with Gasteiger partial charge in [-0.2, -0.15) is 9.97 Å². The first kappa shape index (κ1) is 52.6. The number of anilines is 4. The van der Waals surface area contributed by atoms with E-state index >= 15 is 0 Å². The molecule has 6 aromatic rings. The molecule has 0 aliphatic carbocycles. The number of halogens is 7. The molecule has 0 spiro atoms. The standard InChI is InChI=1S/C23H26F3N7O3.C22H23ClF3N7O3/c1-14-20-21(31-22(28-14)33-10-8-15(9-11-33)32(2)3)27-12-18(30-20)29-19(34)13-35-16-4-6-17(7-5-16)36-23(24,25)26;1-13-19-20(31-21(28-13)33-7-3-6-32(2)8-9-33)27-11-17(30-19)29-18(34)12-35-16-5-4-14(10-15(16)23)36-22(24,25)26/h4-7,12,15H,8-11,13H2,1-3H3,(H,29,30,34);4-5,10-11H,3,6-9,12H2,1-2H3,(H,29,30,34). The van der Waals surface area contributed by atoms with Gasteiger partial charge in [0.25, 0.3) is 11.8 Å². The molecule has 72 heavy (non-hydrogen) atoms. The van der Waals surface area contributed by atoms with Gasteiger partial charge in [0.15, 0.2) is 36.1 Å². The zero-order valence-electron chi connectivity index (χ0n) is 39.5. The van der Waals surface area contributed by atoms with E-state index in [1.54, 1.807) is 6.92 Å². The summed E-state index contributed by atoms with van der Waals surface area (Å²) in [6.07, 6.45) is -3.79. The molecule has 2 aliphatic rings. The highest BCUT2D eigenvalue weighted by atomic mass is 35.5. The van der Waals surface area contributed by atoms with Crippen LogP contribution in [0.3, 0.4) is 0 Å². The van der Waals surface area contributed by atoms with Crippen LogP contribution in [-0.2, 0) is 9.59 Å². The van der Waals surface area contributed by atoms with Crippen LogP contribution >= 0.6 is 11.6 Å². The molecule has 0 radical (unpaired) electrons. The van der Waals surface area contributed by atoms with Crippen molar-refractivity contribution in [2.24, 2.45) is 0 Å². The van der Waals surface area contributed by atoms with E-state index in [9.17, 15) is 35.9 Å². The van der Waals surface area contributed by atoms with Crippen LogP contribution in [0, 0.1) is 13.8 Å². The molecule has 2 amide bonds. The number of aromatic nitrogens is 8. The molecule has 27 heteroatoms. The smallest absolute Gasteiger partial charge is 0.484 e. The Bertz CT molecular complexity index is 2860. The third-order valence-electron chi connectivity index (χ3n) is 11.1. The molecule has 2 aromatic carbocycles. The van der Waals surface area contributed by atoms with E-state index in [0.29, 0.717) is 51.7 Å². The minimum absolute atomic E-state index is 0.0161.